The van der Waals surface area contributed by atoms with Crippen molar-refractivity contribution in [3.05, 3.63) is 18.2 Å². The number of aromatic nitrogens is 2. The fraction of sp³-hybridized carbons (Fsp3) is 0.571. The molecule has 3 heteroatoms. The third-order valence-electron chi connectivity index (χ3n) is 1.58. The van der Waals surface area contributed by atoms with E-state index in [4.69, 9.17) is 0 Å². The van der Waals surface area contributed by atoms with E-state index in [1.807, 2.05) is 31.2 Å². The fourth-order valence-electron chi connectivity index (χ4n) is 0.874. The van der Waals surface area contributed by atoms with Crippen LogP contribution in [0, 0.1) is 0 Å². The van der Waals surface area contributed by atoms with E-state index in [1.54, 1.807) is 0 Å². The molecule has 1 unspecified atom stereocenters. The number of hydrogen-bond donors (Lipinski definition) is 0. The molecule has 0 aliphatic heterocycles. The first-order valence-electron chi connectivity index (χ1n) is 3.25. The molecular formula is C7H12N2S. The SMILES string of the molecule is CSC(C)c1nccn1C. The molecule has 2 nitrogen and oxygen atoms in total. The maximum Gasteiger partial charge on any atom is 0.121 e. The van der Waals surface area contributed by atoms with Crippen molar-refractivity contribution in [1.82, 2.24) is 9.55 Å². The van der Waals surface area contributed by atoms with Crippen LogP contribution in [0.2, 0.25) is 0 Å². The lowest BCUT2D eigenvalue weighted by atomic mass is 10.4. The Morgan fingerprint density at radius 1 is 1.70 bits per heavy atom. The summed E-state index contributed by atoms with van der Waals surface area (Å²) in [4.78, 5) is 4.23. The minimum atomic E-state index is 0.500. The normalized spacial score (nSPS) is 13.5. The molecule has 1 aromatic rings. The van der Waals surface area contributed by atoms with Gasteiger partial charge in [0.05, 0.1) is 5.25 Å². The van der Waals surface area contributed by atoms with Crippen molar-refractivity contribution < 1.29 is 0 Å². The molecule has 0 spiro atoms. The lowest BCUT2D eigenvalue weighted by molar-refractivity contribution is 0.798. The first-order valence-corrected chi connectivity index (χ1v) is 4.54. The number of nitrogens with zero attached hydrogens (tertiary/aromatic N) is 2. The Morgan fingerprint density at radius 3 is 2.80 bits per heavy atom. The molecule has 0 N–H and O–H groups in total. The zero-order valence-corrected chi connectivity index (χ0v) is 7.35. The fourth-order valence-corrected chi connectivity index (χ4v) is 1.31. The van der Waals surface area contributed by atoms with Crippen LogP contribution in [0.5, 0.6) is 0 Å². The van der Waals surface area contributed by atoms with Crippen LogP contribution in [0.4, 0.5) is 0 Å². The Labute approximate surface area is 65.7 Å². The number of thioether (sulfide) groups is 1. The summed E-state index contributed by atoms with van der Waals surface area (Å²) in [7, 11) is 2.02. The maximum atomic E-state index is 4.23. The van der Waals surface area contributed by atoms with Gasteiger partial charge in [0, 0.05) is 19.4 Å². The van der Waals surface area contributed by atoms with E-state index < -0.39 is 0 Å². The van der Waals surface area contributed by atoms with Crippen molar-refractivity contribution in [2.24, 2.45) is 7.05 Å². The highest BCUT2D eigenvalue weighted by Crippen LogP contribution is 2.22. The van der Waals surface area contributed by atoms with Crippen molar-refractivity contribution in [2.45, 2.75) is 12.2 Å². The van der Waals surface area contributed by atoms with Crippen molar-refractivity contribution in [1.29, 1.82) is 0 Å². The number of aryl methyl sites for hydroxylation is 1. The van der Waals surface area contributed by atoms with Gasteiger partial charge in [0.1, 0.15) is 5.82 Å². The molecular weight excluding hydrogens is 144 g/mol. The zero-order chi connectivity index (χ0) is 7.56. The summed E-state index contributed by atoms with van der Waals surface area (Å²) in [5.74, 6) is 1.15. The smallest absolute Gasteiger partial charge is 0.121 e. The molecule has 1 atom stereocenters. The van der Waals surface area contributed by atoms with Crippen molar-refractivity contribution in [2.75, 3.05) is 6.26 Å². The van der Waals surface area contributed by atoms with Gasteiger partial charge in [-0.25, -0.2) is 4.98 Å². The van der Waals surface area contributed by atoms with Crippen LogP contribution in [0.15, 0.2) is 12.4 Å². The van der Waals surface area contributed by atoms with E-state index in [2.05, 4.69) is 22.7 Å². The van der Waals surface area contributed by atoms with Crippen LogP contribution in [0.1, 0.15) is 18.0 Å². The molecule has 1 heterocycles. The predicted molar refractivity (Wildman–Crippen MR) is 45.1 cm³/mol. The summed E-state index contributed by atoms with van der Waals surface area (Å²) < 4.78 is 2.06. The molecule has 0 amide bonds. The van der Waals surface area contributed by atoms with Gasteiger partial charge in [0.25, 0.3) is 0 Å². The van der Waals surface area contributed by atoms with E-state index in [9.17, 15) is 0 Å². The van der Waals surface area contributed by atoms with Gasteiger partial charge in [0.2, 0.25) is 0 Å². The van der Waals surface area contributed by atoms with Gasteiger partial charge in [-0.1, -0.05) is 0 Å². The molecule has 0 saturated carbocycles. The van der Waals surface area contributed by atoms with Crippen LogP contribution < -0.4 is 0 Å². The van der Waals surface area contributed by atoms with Gasteiger partial charge in [-0.05, 0) is 13.2 Å². The van der Waals surface area contributed by atoms with Crippen LogP contribution in [-0.4, -0.2) is 15.8 Å². The van der Waals surface area contributed by atoms with Gasteiger partial charge in [-0.15, -0.1) is 0 Å². The summed E-state index contributed by atoms with van der Waals surface area (Å²) >= 11 is 1.81. The van der Waals surface area contributed by atoms with Crippen molar-refractivity contribution >= 4 is 11.8 Å². The van der Waals surface area contributed by atoms with Crippen LogP contribution in [0.25, 0.3) is 0 Å². The highest BCUT2D eigenvalue weighted by atomic mass is 32.2. The number of imidazole rings is 1. The standard InChI is InChI=1S/C7H12N2S/c1-6(10-3)7-8-4-5-9(7)2/h4-6H,1-3H3. The van der Waals surface area contributed by atoms with E-state index >= 15 is 0 Å². The molecule has 0 aromatic carbocycles. The third-order valence-corrected chi connectivity index (χ3v) is 2.49. The molecule has 1 rings (SSSR count). The van der Waals surface area contributed by atoms with Crippen LogP contribution in [0.3, 0.4) is 0 Å². The Bertz CT molecular complexity index is 207. The Hall–Kier alpha value is -0.440. The highest BCUT2D eigenvalue weighted by molar-refractivity contribution is 7.98. The molecule has 56 valence electrons. The van der Waals surface area contributed by atoms with Gasteiger partial charge in [-0.3, -0.25) is 0 Å². The predicted octanol–water partition coefficient (Wildman–Crippen LogP) is 1.84. The highest BCUT2D eigenvalue weighted by Gasteiger charge is 2.06. The van der Waals surface area contributed by atoms with Crippen molar-refractivity contribution in [3.63, 3.8) is 0 Å². The van der Waals surface area contributed by atoms with Crippen LogP contribution in [-0.2, 0) is 7.05 Å². The molecule has 0 fully saturated rings. The topological polar surface area (TPSA) is 17.8 Å². The molecule has 0 radical (unpaired) electrons. The van der Waals surface area contributed by atoms with Gasteiger partial charge < -0.3 is 4.57 Å². The summed E-state index contributed by atoms with van der Waals surface area (Å²) in [6.45, 7) is 2.16. The molecule has 1 aromatic heterocycles. The number of hydrogen-bond acceptors (Lipinski definition) is 2. The molecule has 10 heavy (non-hydrogen) atoms. The van der Waals surface area contributed by atoms with E-state index in [-0.39, 0.29) is 0 Å². The van der Waals surface area contributed by atoms with Crippen LogP contribution >= 0.6 is 11.8 Å². The summed E-state index contributed by atoms with van der Waals surface area (Å²) in [5, 5.41) is 0.500. The minimum Gasteiger partial charge on any atom is -0.337 e. The largest absolute Gasteiger partial charge is 0.337 e. The first kappa shape index (κ1) is 7.66. The summed E-state index contributed by atoms with van der Waals surface area (Å²) in [6.07, 6.45) is 5.91. The van der Waals surface area contributed by atoms with E-state index in [0.29, 0.717) is 5.25 Å². The molecule has 0 saturated heterocycles. The second-order valence-electron chi connectivity index (χ2n) is 2.27. The van der Waals surface area contributed by atoms with Gasteiger partial charge >= 0.3 is 0 Å². The van der Waals surface area contributed by atoms with Crippen molar-refractivity contribution in [3.8, 4) is 0 Å². The molecule has 0 aliphatic rings. The minimum absolute atomic E-state index is 0.500. The van der Waals surface area contributed by atoms with Gasteiger partial charge in [0.15, 0.2) is 0 Å². The average molecular weight is 156 g/mol. The quantitative estimate of drug-likeness (QED) is 0.650. The molecule has 0 bridgehead atoms. The van der Waals surface area contributed by atoms with E-state index in [1.165, 1.54) is 0 Å². The number of rotatable bonds is 2. The lowest BCUT2D eigenvalue weighted by Crippen LogP contribution is -1.98. The first-order chi connectivity index (χ1) is 4.75. The Morgan fingerprint density at radius 2 is 2.40 bits per heavy atom. The Balaban J connectivity index is 2.82. The molecule has 0 aliphatic carbocycles. The average Bonchev–Trinajstić information content (AvgIpc) is 2.34. The summed E-state index contributed by atoms with van der Waals surface area (Å²) in [6, 6.07) is 0. The monoisotopic (exact) mass is 156 g/mol. The zero-order valence-electron chi connectivity index (χ0n) is 6.53. The van der Waals surface area contributed by atoms with E-state index in [0.717, 1.165) is 5.82 Å². The van der Waals surface area contributed by atoms with Gasteiger partial charge in [-0.2, -0.15) is 11.8 Å². The Kier molecular flexibility index (Phi) is 2.38. The maximum absolute atomic E-state index is 4.23. The second kappa shape index (κ2) is 3.10. The third kappa shape index (κ3) is 1.34. The lowest BCUT2D eigenvalue weighted by Gasteiger charge is -2.06. The summed E-state index contributed by atoms with van der Waals surface area (Å²) in [5.41, 5.74) is 0. The second-order valence-corrected chi connectivity index (χ2v) is 3.45.